The lowest BCUT2D eigenvalue weighted by atomic mass is 10.0. The molecule has 3 aromatic rings. The van der Waals surface area contributed by atoms with Crippen LogP contribution >= 0.6 is 0 Å². The van der Waals surface area contributed by atoms with Crippen LogP contribution in [0.15, 0.2) is 42.9 Å². The predicted molar refractivity (Wildman–Crippen MR) is 68.4 cm³/mol. The van der Waals surface area contributed by atoms with E-state index in [4.69, 9.17) is 5.73 Å². The summed E-state index contributed by atoms with van der Waals surface area (Å²) in [4.78, 5) is 4.23. The van der Waals surface area contributed by atoms with E-state index >= 15 is 0 Å². The second kappa shape index (κ2) is 3.59. The quantitative estimate of drug-likeness (QED) is 0.689. The summed E-state index contributed by atoms with van der Waals surface area (Å²) < 4.78 is 1.78. The minimum atomic E-state index is 0.563. The normalized spacial score (nSPS) is 10.9. The second-order valence-corrected chi connectivity index (χ2v) is 4.01. The van der Waals surface area contributed by atoms with Gasteiger partial charge in [-0.05, 0) is 5.39 Å². The summed E-state index contributed by atoms with van der Waals surface area (Å²) in [5.74, 6) is 0.563. The van der Waals surface area contributed by atoms with E-state index in [1.165, 1.54) is 0 Å². The number of nitrogens with two attached hydrogens (primary N) is 1. The molecule has 3 rings (SSSR count). The molecule has 0 atom stereocenters. The first kappa shape index (κ1) is 9.84. The number of rotatable bonds is 1. The van der Waals surface area contributed by atoms with Crippen molar-refractivity contribution in [2.45, 2.75) is 0 Å². The fourth-order valence-electron chi connectivity index (χ4n) is 2.00. The maximum atomic E-state index is 5.88. The lowest BCUT2D eigenvalue weighted by molar-refractivity contribution is 0.768. The average molecular weight is 224 g/mol. The summed E-state index contributed by atoms with van der Waals surface area (Å²) in [5, 5.41) is 6.26. The molecule has 0 spiro atoms. The third-order valence-corrected chi connectivity index (χ3v) is 2.84. The Labute approximate surface area is 98.7 Å². The molecule has 0 aliphatic rings. The molecular weight excluding hydrogens is 212 g/mol. The molecule has 4 nitrogen and oxygen atoms in total. The van der Waals surface area contributed by atoms with E-state index in [1.807, 2.05) is 37.6 Å². The number of nitrogen functional groups attached to an aromatic ring is 1. The van der Waals surface area contributed by atoms with Gasteiger partial charge in [0.05, 0.1) is 6.20 Å². The molecular formula is C13H12N4. The Bertz CT molecular complexity index is 685. The number of pyridine rings is 1. The summed E-state index contributed by atoms with van der Waals surface area (Å²) >= 11 is 0. The molecule has 2 heterocycles. The van der Waals surface area contributed by atoms with E-state index < -0.39 is 0 Å². The number of anilines is 1. The second-order valence-electron chi connectivity index (χ2n) is 4.01. The number of aryl methyl sites for hydroxylation is 1. The van der Waals surface area contributed by atoms with Gasteiger partial charge in [0.2, 0.25) is 0 Å². The van der Waals surface area contributed by atoms with Gasteiger partial charge in [-0.25, -0.2) is 4.98 Å². The highest BCUT2D eigenvalue weighted by Gasteiger charge is 2.08. The van der Waals surface area contributed by atoms with Crippen molar-refractivity contribution in [2.24, 2.45) is 7.05 Å². The van der Waals surface area contributed by atoms with Gasteiger partial charge in [-0.1, -0.05) is 24.3 Å². The Balaban J connectivity index is 2.34. The smallest absolute Gasteiger partial charge is 0.131 e. The Kier molecular flexibility index (Phi) is 2.08. The first-order chi connectivity index (χ1) is 8.25. The van der Waals surface area contributed by atoms with Crippen LogP contribution < -0.4 is 5.73 Å². The highest BCUT2D eigenvalue weighted by Crippen LogP contribution is 2.29. The van der Waals surface area contributed by atoms with Crippen molar-refractivity contribution in [3.05, 3.63) is 42.9 Å². The van der Waals surface area contributed by atoms with Crippen LogP contribution in [0.25, 0.3) is 21.9 Å². The van der Waals surface area contributed by atoms with E-state index in [1.54, 1.807) is 10.9 Å². The molecule has 2 N–H and O–H groups in total. The number of nitrogens with zero attached hydrogens (tertiary/aromatic N) is 3. The Morgan fingerprint density at radius 2 is 1.88 bits per heavy atom. The molecule has 0 unspecified atom stereocenters. The fourth-order valence-corrected chi connectivity index (χ4v) is 2.00. The molecule has 0 fully saturated rings. The van der Waals surface area contributed by atoms with Crippen LogP contribution in [-0.4, -0.2) is 14.8 Å². The lowest BCUT2D eigenvalue weighted by Crippen LogP contribution is -1.92. The van der Waals surface area contributed by atoms with Crippen molar-refractivity contribution in [3.8, 4) is 11.1 Å². The number of aromatic nitrogens is 3. The van der Waals surface area contributed by atoms with Gasteiger partial charge in [-0.3, -0.25) is 4.68 Å². The van der Waals surface area contributed by atoms with Crippen molar-refractivity contribution in [1.82, 2.24) is 14.8 Å². The van der Waals surface area contributed by atoms with Gasteiger partial charge < -0.3 is 5.73 Å². The molecule has 0 bridgehead atoms. The van der Waals surface area contributed by atoms with Crippen molar-refractivity contribution in [1.29, 1.82) is 0 Å². The molecule has 0 saturated heterocycles. The molecule has 0 aliphatic carbocycles. The topological polar surface area (TPSA) is 56.7 Å². The van der Waals surface area contributed by atoms with Crippen LogP contribution in [0.3, 0.4) is 0 Å². The highest BCUT2D eigenvalue weighted by molar-refractivity contribution is 6.00. The Hall–Kier alpha value is -2.36. The number of benzene rings is 1. The van der Waals surface area contributed by atoms with E-state index in [0.717, 1.165) is 21.9 Å². The molecule has 2 aromatic heterocycles. The maximum absolute atomic E-state index is 5.88. The number of fused-ring (bicyclic) bond motifs is 1. The van der Waals surface area contributed by atoms with Gasteiger partial charge in [-0.15, -0.1) is 0 Å². The zero-order valence-electron chi connectivity index (χ0n) is 9.46. The van der Waals surface area contributed by atoms with Crippen molar-refractivity contribution in [3.63, 3.8) is 0 Å². The minimum Gasteiger partial charge on any atom is -0.383 e. The van der Waals surface area contributed by atoms with E-state index in [-0.39, 0.29) is 0 Å². The molecule has 84 valence electrons. The largest absolute Gasteiger partial charge is 0.383 e. The van der Waals surface area contributed by atoms with Gasteiger partial charge in [-0.2, -0.15) is 5.10 Å². The first-order valence-electron chi connectivity index (χ1n) is 5.38. The standard InChI is InChI=1S/C13H12N4/c1-17-8-9(6-16-17)12-7-15-13(14)11-5-3-2-4-10(11)12/h2-8H,1H3,(H2,14,15). The third-order valence-electron chi connectivity index (χ3n) is 2.84. The van der Waals surface area contributed by atoms with Crippen molar-refractivity contribution < 1.29 is 0 Å². The summed E-state index contributed by atoms with van der Waals surface area (Å²) in [5.41, 5.74) is 7.99. The Morgan fingerprint density at radius 3 is 2.59 bits per heavy atom. The Morgan fingerprint density at radius 1 is 1.12 bits per heavy atom. The SMILES string of the molecule is Cn1cc(-c2cnc(N)c3ccccc23)cn1. The van der Waals surface area contributed by atoms with E-state index in [2.05, 4.69) is 16.1 Å². The monoisotopic (exact) mass is 224 g/mol. The van der Waals surface area contributed by atoms with Gasteiger partial charge in [0.1, 0.15) is 5.82 Å². The maximum Gasteiger partial charge on any atom is 0.131 e. The number of hydrogen-bond donors (Lipinski definition) is 1. The average Bonchev–Trinajstić information content (AvgIpc) is 2.77. The van der Waals surface area contributed by atoms with Gasteiger partial charge in [0.15, 0.2) is 0 Å². The molecule has 4 heteroatoms. The third kappa shape index (κ3) is 1.54. The zero-order chi connectivity index (χ0) is 11.8. The predicted octanol–water partition coefficient (Wildman–Crippen LogP) is 2.22. The zero-order valence-corrected chi connectivity index (χ0v) is 9.46. The highest BCUT2D eigenvalue weighted by atomic mass is 15.2. The van der Waals surface area contributed by atoms with Crippen LogP contribution in [0.4, 0.5) is 5.82 Å². The molecule has 1 aromatic carbocycles. The van der Waals surface area contributed by atoms with Crippen LogP contribution in [0.1, 0.15) is 0 Å². The fraction of sp³-hybridized carbons (Fsp3) is 0.0769. The summed E-state index contributed by atoms with van der Waals surface area (Å²) in [6.45, 7) is 0. The molecule has 0 radical (unpaired) electrons. The van der Waals surface area contributed by atoms with Gasteiger partial charge in [0.25, 0.3) is 0 Å². The molecule has 0 saturated carbocycles. The van der Waals surface area contributed by atoms with Crippen LogP contribution in [-0.2, 0) is 7.05 Å². The molecule has 0 amide bonds. The first-order valence-corrected chi connectivity index (χ1v) is 5.38. The van der Waals surface area contributed by atoms with Crippen LogP contribution in [0.2, 0.25) is 0 Å². The summed E-state index contributed by atoms with van der Waals surface area (Å²) in [6.07, 6.45) is 5.61. The number of hydrogen-bond acceptors (Lipinski definition) is 3. The van der Waals surface area contributed by atoms with E-state index in [0.29, 0.717) is 5.82 Å². The summed E-state index contributed by atoms with van der Waals surface area (Å²) in [7, 11) is 1.90. The minimum absolute atomic E-state index is 0.563. The molecule has 17 heavy (non-hydrogen) atoms. The van der Waals surface area contributed by atoms with Crippen molar-refractivity contribution >= 4 is 16.6 Å². The summed E-state index contributed by atoms with van der Waals surface area (Å²) in [6, 6.07) is 8.00. The van der Waals surface area contributed by atoms with Gasteiger partial charge in [0, 0.05) is 36.0 Å². The lowest BCUT2D eigenvalue weighted by Gasteiger charge is -2.05. The van der Waals surface area contributed by atoms with Crippen LogP contribution in [0.5, 0.6) is 0 Å². The van der Waals surface area contributed by atoms with E-state index in [9.17, 15) is 0 Å². The molecule has 0 aliphatic heterocycles. The van der Waals surface area contributed by atoms with Gasteiger partial charge >= 0.3 is 0 Å². The van der Waals surface area contributed by atoms with Crippen molar-refractivity contribution in [2.75, 3.05) is 5.73 Å². The van der Waals surface area contributed by atoms with Crippen LogP contribution in [0, 0.1) is 0 Å².